The van der Waals surface area contributed by atoms with E-state index in [0.29, 0.717) is 0 Å². The summed E-state index contributed by atoms with van der Waals surface area (Å²) in [5, 5.41) is 23.7. The van der Waals surface area contributed by atoms with E-state index in [1.54, 1.807) is 0 Å². The first-order valence-corrected chi connectivity index (χ1v) is 4.14. The van der Waals surface area contributed by atoms with Crippen molar-refractivity contribution in [2.24, 2.45) is 0 Å². The summed E-state index contributed by atoms with van der Waals surface area (Å²) >= 11 is 0. The lowest BCUT2D eigenvalue weighted by Crippen LogP contribution is -2.32. The van der Waals surface area contributed by atoms with Crippen LogP contribution in [0.2, 0.25) is 0 Å². The van der Waals surface area contributed by atoms with Crippen molar-refractivity contribution in [3.8, 4) is 0 Å². The van der Waals surface area contributed by atoms with Crippen LogP contribution in [-0.2, 0) is 17.8 Å². The van der Waals surface area contributed by atoms with Gasteiger partial charge >= 0.3 is 12.1 Å². The van der Waals surface area contributed by atoms with Crippen LogP contribution in [0.5, 0.6) is 0 Å². The Hall–Kier alpha value is -1.64. The minimum Gasteiger partial charge on any atom is -0.481 e. The summed E-state index contributed by atoms with van der Waals surface area (Å²) in [6.45, 7) is -0.809. The van der Waals surface area contributed by atoms with Crippen molar-refractivity contribution in [2.75, 3.05) is 0 Å². The molecular formula is C7H8F3N3O3. The van der Waals surface area contributed by atoms with E-state index in [1.807, 2.05) is 0 Å². The van der Waals surface area contributed by atoms with E-state index in [-0.39, 0.29) is 5.69 Å². The van der Waals surface area contributed by atoms with E-state index in [1.165, 1.54) is 0 Å². The number of rotatable bonds is 4. The van der Waals surface area contributed by atoms with Crippen molar-refractivity contribution in [1.82, 2.24) is 15.0 Å². The number of alkyl halides is 3. The Morgan fingerprint density at radius 1 is 1.56 bits per heavy atom. The highest BCUT2D eigenvalue weighted by molar-refractivity contribution is 5.69. The Kier molecular flexibility index (Phi) is 3.48. The molecule has 90 valence electrons. The molecule has 0 aromatic carbocycles. The average Bonchev–Trinajstić information content (AvgIpc) is 2.49. The second-order valence-electron chi connectivity index (χ2n) is 3.06. The van der Waals surface area contributed by atoms with Gasteiger partial charge in [-0.3, -0.25) is 4.79 Å². The van der Waals surface area contributed by atoms with E-state index < -0.39 is 31.2 Å². The third-order valence-electron chi connectivity index (χ3n) is 1.66. The van der Waals surface area contributed by atoms with Gasteiger partial charge < -0.3 is 10.2 Å². The molecule has 16 heavy (non-hydrogen) atoms. The number of halogens is 3. The molecule has 0 saturated heterocycles. The van der Waals surface area contributed by atoms with Crippen LogP contribution in [0.4, 0.5) is 13.2 Å². The number of carboxylic acid groups (broad SMARTS) is 1. The molecular weight excluding hydrogens is 231 g/mol. The van der Waals surface area contributed by atoms with Crippen LogP contribution in [0.15, 0.2) is 6.20 Å². The van der Waals surface area contributed by atoms with Crippen LogP contribution in [0.1, 0.15) is 5.69 Å². The summed E-state index contributed by atoms with van der Waals surface area (Å²) in [6, 6.07) is 0. The maximum absolute atomic E-state index is 11.9. The topological polar surface area (TPSA) is 88.2 Å². The van der Waals surface area contributed by atoms with Crippen LogP contribution in [0, 0.1) is 0 Å². The number of aliphatic carboxylic acids is 1. The Morgan fingerprint density at radius 2 is 2.19 bits per heavy atom. The van der Waals surface area contributed by atoms with Gasteiger partial charge in [0.05, 0.1) is 18.7 Å². The van der Waals surface area contributed by atoms with E-state index >= 15 is 0 Å². The van der Waals surface area contributed by atoms with Crippen molar-refractivity contribution >= 4 is 5.97 Å². The predicted molar refractivity (Wildman–Crippen MR) is 43.4 cm³/mol. The molecule has 1 rings (SSSR count). The lowest BCUT2D eigenvalue weighted by Gasteiger charge is -2.13. The van der Waals surface area contributed by atoms with E-state index in [0.717, 1.165) is 10.9 Å². The molecule has 0 aliphatic carbocycles. The van der Waals surface area contributed by atoms with Crippen LogP contribution in [-0.4, -0.2) is 43.5 Å². The van der Waals surface area contributed by atoms with Crippen molar-refractivity contribution in [2.45, 2.75) is 25.2 Å². The number of aliphatic hydroxyl groups is 1. The number of hydrogen-bond donors (Lipinski definition) is 2. The van der Waals surface area contributed by atoms with Crippen molar-refractivity contribution in [3.63, 3.8) is 0 Å². The van der Waals surface area contributed by atoms with E-state index in [4.69, 9.17) is 10.2 Å². The summed E-state index contributed by atoms with van der Waals surface area (Å²) in [4.78, 5) is 10.3. The fourth-order valence-corrected chi connectivity index (χ4v) is 0.944. The van der Waals surface area contributed by atoms with Gasteiger partial charge in [-0.15, -0.1) is 5.10 Å². The fourth-order valence-electron chi connectivity index (χ4n) is 0.944. The monoisotopic (exact) mass is 239 g/mol. The molecule has 0 radical (unpaired) electrons. The molecule has 1 atom stereocenters. The van der Waals surface area contributed by atoms with Gasteiger partial charge in [-0.05, 0) is 0 Å². The molecule has 1 aromatic heterocycles. The van der Waals surface area contributed by atoms with Gasteiger partial charge in [-0.25, -0.2) is 4.68 Å². The number of nitrogens with zero attached hydrogens (tertiary/aromatic N) is 3. The maximum atomic E-state index is 11.9. The largest absolute Gasteiger partial charge is 0.481 e. The molecule has 1 heterocycles. The number of carboxylic acids is 1. The maximum Gasteiger partial charge on any atom is 0.416 e. The minimum absolute atomic E-state index is 0.0295. The van der Waals surface area contributed by atoms with Crippen LogP contribution >= 0.6 is 0 Å². The zero-order chi connectivity index (χ0) is 12.3. The normalized spacial score (nSPS) is 13.8. The molecule has 1 aromatic rings. The Labute approximate surface area is 87.3 Å². The van der Waals surface area contributed by atoms with E-state index in [2.05, 4.69) is 10.3 Å². The van der Waals surface area contributed by atoms with Gasteiger partial charge in [0.1, 0.15) is 0 Å². The SMILES string of the molecule is O=C(O)Cc1cn(CC(O)C(F)(F)F)nn1. The summed E-state index contributed by atoms with van der Waals surface area (Å²) in [5.74, 6) is -1.16. The molecule has 0 spiro atoms. The van der Waals surface area contributed by atoms with Crippen LogP contribution < -0.4 is 0 Å². The summed E-state index contributed by atoms with van der Waals surface area (Å²) < 4.78 is 36.6. The average molecular weight is 239 g/mol. The number of hydrogen-bond acceptors (Lipinski definition) is 4. The first kappa shape index (κ1) is 12.4. The van der Waals surface area contributed by atoms with Gasteiger partial charge in [0.25, 0.3) is 0 Å². The third-order valence-corrected chi connectivity index (χ3v) is 1.66. The van der Waals surface area contributed by atoms with E-state index in [9.17, 15) is 18.0 Å². The predicted octanol–water partition coefficient (Wildman–Crippen LogP) is -0.172. The number of carbonyl (C=O) groups is 1. The van der Waals surface area contributed by atoms with Gasteiger partial charge in [0.2, 0.25) is 0 Å². The number of aromatic nitrogens is 3. The van der Waals surface area contributed by atoms with Gasteiger partial charge in [-0.1, -0.05) is 5.21 Å². The van der Waals surface area contributed by atoms with Crippen molar-refractivity contribution in [1.29, 1.82) is 0 Å². The smallest absolute Gasteiger partial charge is 0.416 e. The summed E-state index contributed by atoms with van der Waals surface area (Å²) in [7, 11) is 0. The fraction of sp³-hybridized carbons (Fsp3) is 0.571. The molecule has 0 aliphatic rings. The zero-order valence-corrected chi connectivity index (χ0v) is 7.85. The second kappa shape index (κ2) is 4.47. The molecule has 1 unspecified atom stereocenters. The zero-order valence-electron chi connectivity index (χ0n) is 7.85. The molecule has 0 bridgehead atoms. The van der Waals surface area contributed by atoms with Crippen LogP contribution in [0.25, 0.3) is 0 Å². The quantitative estimate of drug-likeness (QED) is 0.761. The Morgan fingerprint density at radius 3 is 2.69 bits per heavy atom. The minimum atomic E-state index is -4.74. The highest BCUT2D eigenvalue weighted by Gasteiger charge is 2.38. The molecule has 2 N–H and O–H groups in total. The molecule has 0 saturated carbocycles. The Bertz CT molecular complexity index is 376. The van der Waals surface area contributed by atoms with Crippen molar-refractivity contribution in [3.05, 3.63) is 11.9 Å². The highest BCUT2D eigenvalue weighted by Crippen LogP contribution is 2.20. The summed E-state index contributed by atoms with van der Waals surface area (Å²) in [5.41, 5.74) is 0.0295. The lowest BCUT2D eigenvalue weighted by atomic mass is 10.3. The molecule has 6 nitrogen and oxygen atoms in total. The first-order chi connectivity index (χ1) is 7.29. The number of aliphatic hydroxyl groups excluding tert-OH is 1. The first-order valence-electron chi connectivity index (χ1n) is 4.14. The van der Waals surface area contributed by atoms with Gasteiger partial charge in [0.15, 0.2) is 6.10 Å². The molecule has 9 heteroatoms. The highest BCUT2D eigenvalue weighted by atomic mass is 19.4. The molecule has 0 aliphatic heterocycles. The summed E-state index contributed by atoms with van der Waals surface area (Å²) in [6.07, 6.45) is -6.67. The third kappa shape index (κ3) is 3.50. The molecule has 0 fully saturated rings. The standard InChI is InChI=1S/C7H8F3N3O3/c8-7(9,10)5(14)3-13-2-4(11-12-13)1-6(15)16/h2,5,14H,1,3H2,(H,15,16). The molecule has 0 amide bonds. The lowest BCUT2D eigenvalue weighted by molar-refractivity contribution is -0.208. The Balaban J connectivity index is 2.62. The van der Waals surface area contributed by atoms with Crippen molar-refractivity contribution < 1.29 is 28.2 Å². The van der Waals surface area contributed by atoms with Gasteiger partial charge in [0, 0.05) is 6.20 Å². The second-order valence-corrected chi connectivity index (χ2v) is 3.06. The van der Waals surface area contributed by atoms with Crippen LogP contribution in [0.3, 0.4) is 0 Å². The van der Waals surface area contributed by atoms with Gasteiger partial charge in [-0.2, -0.15) is 13.2 Å².